The van der Waals surface area contributed by atoms with Gasteiger partial charge in [0, 0.05) is 32.2 Å². The summed E-state index contributed by atoms with van der Waals surface area (Å²) in [5.41, 5.74) is 2.90. The Hall–Kier alpha value is -2.20. The highest BCUT2D eigenvalue weighted by atomic mass is 19.1. The number of likely N-dealkylation sites (tertiary alicyclic amines) is 2. The van der Waals surface area contributed by atoms with Gasteiger partial charge in [0.15, 0.2) is 0 Å². The van der Waals surface area contributed by atoms with E-state index in [9.17, 15) is 9.18 Å². The van der Waals surface area contributed by atoms with E-state index in [1.165, 1.54) is 6.07 Å². The molecule has 0 saturated carbocycles. The van der Waals surface area contributed by atoms with Crippen LogP contribution in [0.2, 0.25) is 0 Å². The molecule has 0 unspecified atom stereocenters. The second-order valence-corrected chi connectivity index (χ2v) is 8.09. The Morgan fingerprint density at radius 2 is 1.78 bits per heavy atom. The number of halogens is 1. The number of amides is 1. The SMILES string of the molecule is Cc1c(F)cccc1CN1CCC2(CC1)C[C@@H](c1ccccc1)C(=O)N2C. The monoisotopic (exact) mass is 366 g/mol. The van der Waals surface area contributed by atoms with E-state index in [0.29, 0.717) is 0 Å². The first-order valence-corrected chi connectivity index (χ1v) is 9.79. The zero-order valence-electron chi connectivity index (χ0n) is 16.1. The number of carbonyl (C=O) groups is 1. The van der Waals surface area contributed by atoms with Crippen LogP contribution in [0.3, 0.4) is 0 Å². The molecule has 27 heavy (non-hydrogen) atoms. The summed E-state index contributed by atoms with van der Waals surface area (Å²) in [5, 5.41) is 0. The lowest BCUT2D eigenvalue weighted by Crippen LogP contribution is -2.51. The molecule has 2 heterocycles. The summed E-state index contributed by atoms with van der Waals surface area (Å²) in [7, 11) is 1.97. The highest BCUT2D eigenvalue weighted by molar-refractivity contribution is 5.87. The maximum absolute atomic E-state index is 13.8. The van der Waals surface area contributed by atoms with Gasteiger partial charge in [-0.05, 0) is 48.9 Å². The topological polar surface area (TPSA) is 23.6 Å². The molecule has 2 saturated heterocycles. The zero-order chi connectivity index (χ0) is 19.0. The van der Waals surface area contributed by atoms with Gasteiger partial charge in [0.25, 0.3) is 0 Å². The molecule has 3 nitrogen and oxygen atoms in total. The second-order valence-electron chi connectivity index (χ2n) is 8.09. The van der Waals surface area contributed by atoms with E-state index in [4.69, 9.17) is 0 Å². The molecular formula is C23H27FN2O. The number of carbonyl (C=O) groups excluding carboxylic acids is 1. The van der Waals surface area contributed by atoms with Crippen LogP contribution in [-0.4, -0.2) is 41.4 Å². The summed E-state index contributed by atoms with van der Waals surface area (Å²) >= 11 is 0. The van der Waals surface area contributed by atoms with Gasteiger partial charge in [-0.1, -0.05) is 42.5 Å². The van der Waals surface area contributed by atoms with Gasteiger partial charge in [-0.15, -0.1) is 0 Å². The summed E-state index contributed by atoms with van der Waals surface area (Å²) < 4.78 is 13.8. The Morgan fingerprint density at radius 1 is 1.07 bits per heavy atom. The Labute approximate surface area is 160 Å². The zero-order valence-corrected chi connectivity index (χ0v) is 16.1. The van der Waals surface area contributed by atoms with E-state index >= 15 is 0 Å². The predicted molar refractivity (Wildman–Crippen MR) is 105 cm³/mol. The average Bonchev–Trinajstić information content (AvgIpc) is 2.93. The fourth-order valence-electron chi connectivity index (χ4n) is 4.75. The van der Waals surface area contributed by atoms with Crippen LogP contribution in [0.25, 0.3) is 0 Å². The lowest BCUT2D eigenvalue weighted by atomic mass is 9.81. The van der Waals surface area contributed by atoms with Crippen molar-refractivity contribution in [2.45, 2.75) is 44.2 Å². The molecule has 2 aromatic carbocycles. The van der Waals surface area contributed by atoms with Crippen LogP contribution in [-0.2, 0) is 11.3 Å². The number of likely N-dealkylation sites (N-methyl/N-ethyl adjacent to an activating group) is 1. The van der Waals surface area contributed by atoms with Gasteiger partial charge in [-0.25, -0.2) is 4.39 Å². The van der Waals surface area contributed by atoms with E-state index in [-0.39, 0.29) is 23.2 Å². The Bertz CT molecular complexity index is 828. The van der Waals surface area contributed by atoms with Gasteiger partial charge < -0.3 is 4.90 Å². The van der Waals surface area contributed by atoms with Crippen LogP contribution in [0.5, 0.6) is 0 Å². The van der Waals surface area contributed by atoms with Crippen LogP contribution >= 0.6 is 0 Å². The summed E-state index contributed by atoms with van der Waals surface area (Å²) in [6, 6.07) is 15.5. The van der Waals surface area contributed by atoms with Crippen molar-refractivity contribution in [2.24, 2.45) is 0 Å². The Morgan fingerprint density at radius 3 is 2.48 bits per heavy atom. The smallest absolute Gasteiger partial charge is 0.230 e. The van der Waals surface area contributed by atoms with Crippen LogP contribution in [0.4, 0.5) is 4.39 Å². The number of benzene rings is 2. The van der Waals surface area contributed by atoms with Crippen LogP contribution < -0.4 is 0 Å². The molecule has 2 aliphatic heterocycles. The maximum atomic E-state index is 13.8. The standard InChI is InChI=1S/C23H27FN2O/c1-17-19(9-6-10-21(17)24)16-26-13-11-23(12-14-26)15-20(22(27)25(23)2)18-7-4-3-5-8-18/h3-10,20H,11-16H2,1-2H3/t20-/m0/s1. The highest BCUT2D eigenvalue weighted by Crippen LogP contribution is 2.45. The fraction of sp³-hybridized carbons (Fsp3) is 0.435. The van der Waals surface area contributed by atoms with Crippen molar-refractivity contribution >= 4 is 5.91 Å². The number of hydrogen-bond acceptors (Lipinski definition) is 2. The third-order valence-electron chi connectivity index (χ3n) is 6.69. The maximum Gasteiger partial charge on any atom is 0.230 e. The number of hydrogen-bond donors (Lipinski definition) is 0. The molecule has 2 aliphatic rings. The summed E-state index contributed by atoms with van der Waals surface area (Å²) in [6.45, 7) is 4.51. The Kier molecular flexibility index (Phi) is 4.77. The normalized spacial score (nSPS) is 22.6. The second kappa shape index (κ2) is 7.08. The average molecular weight is 366 g/mol. The molecule has 0 aromatic heterocycles. The number of piperidine rings is 1. The molecule has 0 radical (unpaired) electrons. The lowest BCUT2D eigenvalue weighted by molar-refractivity contribution is -0.131. The molecule has 2 fully saturated rings. The minimum Gasteiger partial charge on any atom is -0.339 e. The first kappa shape index (κ1) is 18.2. The van der Waals surface area contributed by atoms with Crippen molar-refractivity contribution in [3.8, 4) is 0 Å². The third-order valence-corrected chi connectivity index (χ3v) is 6.69. The van der Waals surface area contributed by atoms with E-state index < -0.39 is 0 Å². The fourth-order valence-corrected chi connectivity index (χ4v) is 4.75. The summed E-state index contributed by atoms with van der Waals surface area (Å²) in [4.78, 5) is 17.3. The quantitative estimate of drug-likeness (QED) is 0.816. The molecule has 0 bridgehead atoms. The van der Waals surface area contributed by atoms with E-state index in [1.54, 1.807) is 6.07 Å². The van der Waals surface area contributed by atoms with Gasteiger partial charge in [0.2, 0.25) is 5.91 Å². The molecular weight excluding hydrogens is 339 g/mol. The van der Waals surface area contributed by atoms with Gasteiger partial charge in [-0.3, -0.25) is 9.69 Å². The summed E-state index contributed by atoms with van der Waals surface area (Å²) in [5.74, 6) is 0.0941. The molecule has 0 N–H and O–H groups in total. The Balaban J connectivity index is 1.45. The molecule has 1 amide bonds. The third kappa shape index (κ3) is 3.27. The van der Waals surface area contributed by atoms with Gasteiger partial charge in [0.1, 0.15) is 5.82 Å². The van der Waals surface area contributed by atoms with Crippen molar-refractivity contribution in [2.75, 3.05) is 20.1 Å². The van der Waals surface area contributed by atoms with Crippen molar-refractivity contribution in [3.05, 3.63) is 71.0 Å². The van der Waals surface area contributed by atoms with Crippen molar-refractivity contribution in [1.82, 2.24) is 9.80 Å². The number of rotatable bonds is 3. The van der Waals surface area contributed by atoms with E-state index in [2.05, 4.69) is 17.0 Å². The molecule has 2 aromatic rings. The van der Waals surface area contributed by atoms with E-state index in [0.717, 1.165) is 55.6 Å². The van der Waals surface area contributed by atoms with Crippen molar-refractivity contribution in [3.63, 3.8) is 0 Å². The van der Waals surface area contributed by atoms with E-state index in [1.807, 2.05) is 43.1 Å². The minimum absolute atomic E-state index is 0.0202. The van der Waals surface area contributed by atoms with Gasteiger partial charge in [-0.2, -0.15) is 0 Å². The van der Waals surface area contributed by atoms with Gasteiger partial charge >= 0.3 is 0 Å². The largest absolute Gasteiger partial charge is 0.339 e. The molecule has 0 aliphatic carbocycles. The molecule has 4 rings (SSSR count). The van der Waals surface area contributed by atoms with Gasteiger partial charge in [0.05, 0.1) is 5.92 Å². The van der Waals surface area contributed by atoms with Crippen LogP contribution in [0, 0.1) is 12.7 Å². The predicted octanol–water partition coefficient (Wildman–Crippen LogP) is 4.11. The van der Waals surface area contributed by atoms with Crippen LogP contribution in [0.15, 0.2) is 48.5 Å². The molecule has 1 spiro atoms. The highest BCUT2D eigenvalue weighted by Gasteiger charge is 2.50. The lowest BCUT2D eigenvalue weighted by Gasteiger charge is -2.43. The molecule has 1 atom stereocenters. The number of nitrogens with zero attached hydrogens (tertiary/aromatic N) is 2. The molecule has 142 valence electrons. The van der Waals surface area contributed by atoms with Crippen molar-refractivity contribution < 1.29 is 9.18 Å². The first-order valence-electron chi connectivity index (χ1n) is 9.79. The van der Waals surface area contributed by atoms with Crippen molar-refractivity contribution in [1.29, 1.82) is 0 Å². The first-order chi connectivity index (χ1) is 13.0. The van der Waals surface area contributed by atoms with Crippen LogP contribution in [0.1, 0.15) is 41.9 Å². The summed E-state index contributed by atoms with van der Waals surface area (Å²) in [6.07, 6.45) is 2.86. The molecule has 4 heteroatoms. The minimum atomic E-state index is -0.132.